The SMILES string of the molecule is C[C@]1(CBr)[C@@H]2CC[C@@]1(C)[C@@H]2C(=O)O. The second kappa shape index (κ2) is 2.50. The van der Waals surface area contributed by atoms with Gasteiger partial charge in [0, 0.05) is 5.33 Å². The fourth-order valence-electron chi connectivity index (χ4n) is 3.57. The number of rotatable bonds is 2. The van der Waals surface area contributed by atoms with E-state index in [0.29, 0.717) is 5.92 Å². The number of halogens is 1. The Morgan fingerprint density at radius 3 is 2.54 bits per heavy atom. The average Bonchev–Trinajstić information content (AvgIpc) is 2.54. The minimum absolute atomic E-state index is 0.0347. The van der Waals surface area contributed by atoms with Crippen molar-refractivity contribution in [2.75, 3.05) is 5.33 Å². The van der Waals surface area contributed by atoms with E-state index in [1.807, 2.05) is 0 Å². The normalized spacial score (nSPS) is 53.2. The van der Waals surface area contributed by atoms with Crippen LogP contribution in [0.25, 0.3) is 0 Å². The lowest BCUT2D eigenvalue weighted by Gasteiger charge is -2.59. The predicted octanol–water partition coefficient (Wildman–Crippen LogP) is 2.52. The second-order valence-corrected chi connectivity index (χ2v) is 5.49. The largest absolute Gasteiger partial charge is 0.481 e. The highest BCUT2D eigenvalue weighted by Crippen LogP contribution is 2.74. The van der Waals surface area contributed by atoms with Crippen molar-refractivity contribution in [2.24, 2.45) is 22.7 Å². The summed E-state index contributed by atoms with van der Waals surface area (Å²) < 4.78 is 0. The first kappa shape index (κ1) is 9.50. The highest BCUT2D eigenvalue weighted by Gasteiger charge is 2.72. The summed E-state index contributed by atoms with van der Waals surface area (Å²) in [5.41, 5.74) is 0.253. The van der Waals surface area contributed by atoms with Gasteiger partial charge in [-0.3, -0.25) is 4.79 Å². The molecule has 3 saturated carbocycles. The van der Waals surface area contributed by atoms with Crippen LogP contribution in [0, 0.1) is 22.7 Å². The molecule has 0 heterocycles. The van der Waals surface area contributed by atoms with Crippen LogP contribution < -0.4 is 0 Å². The van der Waals surface area contributed by atoms with Gasteiger partial charge in [-0.15, -0.1) is 0 Å². The van der Waals surface area contributed by atoms with Crippen LogP contribution in [0.3, 0.4) is 0 Å². The molecule has 3 aliphatic rings. The number of carbonyl (C=O) groups is 1. The van der Waals surface area contributed by atoms with E-state index in [1.54, 1.807) is 0 Å². The Balaban J connectivity index is 2.32. The topological polar surface area (TPSA) is 37.3 Å². The standard InChI is InChI=1S/C10H15BrO2/c1-9-4-3-6(7(9)8(12)13)10(9,2)5-11/h6-7H,3-5H2,1-2H3,(H,12,13)/t6-,7+,9+,10+/m1/s1. The van der Waals surface area contributed by atoms with Gasteiger partial charge in [0.15, 0.2) is 0 Å². The van der Waals surface area contributed by atoms with Crippen molar-refractivity contribution in [3.63, 3.8) is 0 Å². The minimum atomic E-state index is -0.594. The molecule has 3 heteroatoms. The molecule has 3 rings (SSSR count). The number of alkyl halides is 1. The van der Waals surface area contributed by atoms with Gasteiger partial charge in [0.05, 0.1) is 5.92 Å². The summed E-state index contributed by atoms with van der Waals surface area (Å²) in [5, 5.41) is 10.0. The summed E-state index contributed by atoms with van der Waals surface area (Å²) in [7, 11) is 0. The molecule has 0 aromatic heterocycles. The monoisotopic (exact) mass is 246 g/mol. The smallest absolute Gasteiger partial charge is 0.307 e. The van der Waals surface area contributed by atoms with Crippen LogP contribution in [0.1, 0.15) is 26.7 Å². The molecular formula is C10H15BrO2. The molecule has 0 aromatic carbocycles. The molecule has 1 N–H and O–H groups in total. The molecule has 0 spiro atoms. The summed E-state index contributed by atoms with van der Waals surface area (Å²) in [6.45, 7) is 4.36. The van der Waals surface area contributed by atoms with Gasteiger partial charge in [0.2, 0.25) is 0 Å². The van der Waals surface area contributed by atoms with Crippen LogP contribution in [0.5, 0.6) is 0 Å². The summed E-state index contributed by atoms with van der Waals surface area (Å²) in [6, 6.07) is 0. The van der Waals surface area contributed by atoms with E-state index in [9.17, 15) is 4.79 Å². The maximum atomic E-state index is 11.0. The molecule has 74 valence electrons. The Labute approximate surface area is 86.8 Å². The number of fused-ring (bicyclic) bond motifs is 1. The molecule has 0 unspecified atom stereocenters. The quantitative estimate of drug-likeness (QED) is 0.761. The molecule has 13 heavy (non-hydrogen) atoms. The molecule has 0 aliphatic heterocycles. The van der Waals surface area contributed by atoms with E-state index in [-0.39, 0.29) is 16.7 Å². The number of carboxylic acids is 1. The van der Waals surface area contributed by atoms with Gasteiger partial charge in [0.1, 0.15) is 0 Å². The third-order valence-corrected chi connectivity index (χ3v) is 5.90. The Kier molecular flexibility index (Phi) is 1.83. The lowest BCUT2D eigenvalue weighted by atomic mass is 9.45. The predicted molar refractivity (Wildman–Crippen MR) is 53.9 cm³/mol. The van der Waals surface area contributed by atoms with Crippen LogP contribution in [0.2, 0.25) is 0 Å². The zero-order chi connectivity index (χ0) is 9.85. The van der Waals surface area contributed by atoms with Crippen molar-refractivity contribution in [1.82, 2.24) is 0 Å². The minimum Gasteiger partial charge on any atom is -0.481 e. The first-order valence-electron chi connectivity index (χ1n) is 4.76. The van der Waals surface area contributed by atoms with Gasteiger partial charge in [-0.05, 0) is 29.6 Å². The van der Waals surface area contributed by atoms with Crippen molar-refractivity contribution < 1.29 is 9.90 Å². The Bertz CT molecular complexity index is 266. The van der Waals surface area contributed by atoms with Crippen LogP contribution in [0.15, 0.2) is 0 Å². The summed E-state index contributed by atoms with van der Waals surface area (Å²) in [6.07, 6.45) is 2.17. The second-order valence-electron chi connectivity index (χ2n) is 4.93. The van der Waals surface area contributed by atoms with Gasteiger partial charge in [0.25, 0.3) is 0 Å². The summed E-state index contributed by atoms with van der Waals surface area (Å²) >= 11 is 3.52. The molecule has 2 bridgehead atoms. The van der Waals surface area contributed by atoms with Crippen molar-refractivity contribution in [1.29, 1.82) is 0 Å². The molecule has 3 fully saturated rings. The number of hydrogen-bond acceptors (Lipinski definition) is 1. The van der Waals surface area contributed by atoms with Crippen LogP contribution >= 0.6 is 15.9 Å². The van der Waals surface area contributed by atoms with Crippen molar-refractivity contribution in [3.8, 4) is 0 Å². The van der Waals surface area contributed by atoms with Crippen LogP contribution in [-0.4, -0.2) is 16.4 Å². The lowest BCUT2D eigenvalue weighted by Crippen LogP contribution is -2.60. The molecule has 0 amide bonds. The van der Waals surface area contributed by atoms with E-state index < -0.39 is 5.97 Å². The van der Waals surface area contributed by atoms with Gasteiger partial charge >= 0.3 is 5.97 Å². The van der Waals surface area contributed by atoms with Crippen LogP contribution in [-0.2, 0) is 4.79 Å². The zero-order valence-electron chi connectivity index (χ0n) is 8.01. The van der Waals surface area contributed by atoms with Gasteiger partial charge in [-0.2, -0.15) is 0 Å². The Hall–Kier alpha value is -0.0500. The maximum absolute atomic E-state index is 11.0. The first-order chi connectivity index (χ1) is 5.97. The van der Waals surface area contributed by atoms with Crippen molar-refractivity contribution in [2.45, 2.75) is 26.7 Å². The molecule has 3 aliphatic carbocycles. The van der Waals surface area contributed by atoms with E-state index >= 15 is 0 Å². The molecular weight excluding hydrogens is 232 g/mol. The molecule has 0 aromatic rings. The number of carboxylic acid groups (broad SMARTS) is 1. The summed E-state index contributed by atoms with van der Waals surface area (Å²) in [4.78, 5) is 11.0. The van der Waals surface area contributed by atoms with Crippen LogP contribution in [0.4, 0.5) is 0 Å². The molecule has 0 radical (unpaired) electrons. The molecule has 4 atom stereocenters. The van der Waals surface area contributed by atoms with E-state index in [1.165, 1.54) is 0 Å². The number of hydrogen-bond donors (Lipinski definition) is 1. The van der Waals surface area contributed by atoms with Gasteiger partial charge < -0.3 is 5.11 Å². The van der Waals surface area contributed by atoms with E-state index in [2.05, 4.69) is 29.8 Å². The Morgan fingerprint density at radius 1 is 1.62 bits per heavy atom. The third kappa shape index (κ3) is 0.821. The van der Waals surface area contributed by atoms with E-state index in [0.717, 1.165) is 18.2 Å². The van der Waals surface area contributed by atoms with Gasteiger partial charge in [-0.25, -0.2) is 0 Å². The average molecular weight is 247 g/mol. The zero-order valence-corrected chi connectivity index (χ0v) is 9.60. The van der Waals surface area contributed by atoms with E-state index in [4.69, 9.17) is 5.11 Å². The lowest BCUT2D eigenvalue weighted by molar-refractivity contribution is -0.176. The highest BCUT2D eigenvalue weighted by molar-refractivity contribution is 9.09. The Morgan fingerprint density at radius 2 is 2.23 bits per heavy atom. The van der Waals surface area contributed by atoms with Crippen molar-refractivity contribution in [3.05, 3.63) is 0 Å². The fourth-order valence-corrected chi connectivity index (χ4v) is 4.63. The summed E-state index contributed by atoms with van der Waals surface area (Å²) in [5.74, 6) is -0.284. The number of aliphatic carboxylic acids is 1. The fraction of sp³-hybridized carbons (Fsp3) is 0.900. The molecule has 0 saturated heterocycles. The van der Waals surface area contributed by atoms with Gasteiger partial charge in [-0.1, -0.05) is 29.8 Å². The third-order valence-electron chi connectivity index (χ3n) is 4.73. The molecule has 2 nitrogen and oxygen atoms in total. The first-order valence-corrected chi connectivity index (χ1v) is 5.88. The maximum Gasteiger partial charge on any atom is 0.307 e. The van der Waals surface area contributed by atoms with Crippen molar-refractivity contribution >= 4 is 21.9 Å². The highest BCUT2D eigenvalue weighted by atomic mass is 79.9.